The van der Waals surface area contributed by atoms with Gasteiger partial charge in [-0.2, -0.15) is 4.98 Å². The summed E-state index contributed by atoms with van der Waals surface area (Å²) < 4.78 is 25.6. The van der Waals surface area contributed by atoms with Crippen LogP contribution in [-0.2, 0) is 9.84 Å². The molecule has 0 unspecified atom stereocenters. The molecule has 40 heavy (non-hydrogen) atoms. The molecule has 2 saturated heterocycles. The Morgan fingerprint density at radius 2 is 1.55 bits per heavy atom. The fraction of sp³-hybridized carbons (Fsp3) is 0.464. The van der Waals surface area contributed by atoms with E-state index in [4.69, 9.17) is 11.6 Å². The van der Waals surface area contributed by atoms with Gasteiger partial charge in [0.15, 0.2) is 9.84 Å². The number of para-hydroxylation sites is 1. The van der Waals surface area contributed by atoms with Gasteiger partial charge in [-0.1, -0.05) is 23.7 Å². The lowest BCUT2D eigenvalue weighted by molar-refractivity contribution is 0.0982. The molecule has 0 saturated carbocycles. The number of halogens is 1. The molecule has 3 aromatic rings. The Hall–Kier alpha value is -2.99. The van der Waals surface area contributed by atoms with Crippen LogP contribution in [0.4, 0.5) is 29.0 Å². The fourth-order valence-corrected chi connectivity index (χ4v) is 6.63. The van der Waals surface area contributed by atoms with Gasteiger partial charge in [0, 0.05) is 51.0 Å². The van der Waals surface area contributed by atoms with Crippen molar-refractivity contribution in [1.82, 2.24) is 24.8 Å². The third-order valence-electron chi connectivity index (χ3n) is 7.72. The normalized spacial score (nSPS) is 17.8. The van der Waals surface area contributed by atoms with Crippen LogP contribution in [-0.4, -0.2) is 90.8 Å². The maximum Gasteiger partial charge on any atom is 0.232 e. The van der Waals surface area contributed by atoms with E-state index in [0.29, 0.717) is 28.4 Å². The number of nitrogens with zero attached hydrogens (tertiary/aromatic N) is 6. The number of rotatable bonds is 8. The average molecular weight is 585 g/mol. The SMILES string of the molecule is CC(C)S(=O)(=O)c1ccccc1Nc1ncnc(Nc2ccc(N3CCC(N4CCN(C)CC4)CC3)cc2Cl)n1. The van der Waals surface area contributed by atoms with Crippen molar-refractivity contribution in [3.63, 3.8) is 0 Å². The molecule has 0 radical (unpaired) electrons. The Bertz CT molecular complexity index is 1420. The van der Waals surface area contributed by atoms with Crippen LogP contribution in [0.5, 0.6) is 0 Å². The lowest BCUT2D eigenvalue weighted by Crippen LogP contribution is -2.52. The highest BCUT2D eigenvalue weighted by Crippen LogP contribution is 2.32. The summed E-state index contributed by atoms with van der Waals surface area (Å²) in [6, 6.07) is 13.4. The standard InChI is InChI=1S/C28H37ClN8O2S/c1-20(2)40(38,39)26-7-5-4-6-25(26)33-28-31-19-30-27(34-28)32-24-9-8-22(18-23(24)29)36-12-10-21(11-13-36)37-16-14-35(3)15-17-37/h4-9,18-21H,10-17H2,1-3H3,(H2,30,31,32,33,34). The predicted octanol–water partition coefficient (Wildman–Crippen LogP) is 4.41. The predicted molar refractivity (Wildman–Crippen MR) is 161 cm³/mol. The minimum absolute atomic E-state index is 0.200. The van der Waals surface area contributed by atoms with Crippen molar-refractivity contribution in [2.45, 2.75) is 42.9 Å². The second-order valence-electron chi connectivity index (χ2n) is 10.7. The highest BCUT2D eigenvalue weighted by atomic mass is 35.5. The highest BCUT2D eigenvalue weighted by molar-refractivity contribution is 7.92. The summed E-state index contributed by atoms with van der Waals surface area (Å²) in [6.07, 6.45) is 3.68. The van der Waals surface area contributed by atoms with Crippen molar-refractivity contribution in [3.05, 3.63) is 53.8 Å². The molecule has 10 nitrogen and oxygen atoms in total. The van der Waals surface area contributed by atoms with Gasteiger partial charge < -0.3 is 20.4 Å². The molecule has 214 valence electrons. The molecule has 2 aromatic carbocycles. The largest absolute Gasteiger partial charge is 0.371 e. The van der Waals surface area contributed by atoms with Gasteiger partial charge >= 0.3 is 0 Å². The van der Waals surface area contributed by atoms with Crippen LogP contribution in [0.1, 0.15) is 26.7 Å². The number of likely N-dealkylation sites (N-methyl/N-ethyl adjacent to an activating group) is 1. The van der Waals surface area contributed by atoms with Crippen molar-refractivity contribution in [3.8, 4) is 0 Å². The van der Waals surface area contributed by atoms with Crippen molar-refractivity contribution in [2.24, 2.45) is 0 Å². The highest BCUT2D eigenvalue weighted by Gasteiger charge is 2.27. The molecule has 2 aliphatic rings. The number of benzene rings is 2. The minimum Gasteiger partial charge on any atom is -0.371 e. The van der Waals surface area contributed by atoms with E-state index < -0.39 is 15.1 Å². The third-order valence-corrected chi connectivity index (χ3v) is 10.2. The number of sulfone groups is 1. The summed E-state index contributed by atoms with van der Waals surface area (Å²) >= 11 is 6.68. The number of hydrogen-bond acceptors (Lipinski definition) is 10. The van der Waals surface area contributed by atoms with E-state index in [1.165, 1.54) is 6.33 Å². The smallest absolute Gasteiger partial charge is 0.232 e. The van der Waals surface area contributed by atoms with Crippen LogP contribution in [0, 0.1) is 0 Å². The second kappa shape index (κ2) is 12.3. The molecule has 2 aliphatic heterocycles. The molecule has 0 bridgehead atoms. The zero-order chi connectivity index (χ0) is 28.3. The van der Waals surface area contributed by atoms with E-state index in [0.717, 1.165) is 57.8 Å². The number of hydrogen-bond donors (Lipinski definition) is 2. The van der Waals surface area contributed by atoms with Gasteiger partial charge in [0.1, 0.15) is 6.33 Å². The Morgan fingerprint density at radius 1 is 0.900 bits per heavy atom. The first-order chi connectivity index (χ1) is 19.2. The van der Waals surface area contributed by atoms with E-state index in [1.807, 2.05) is 12.1 Å². The van der Waals surface area contributed by atoms with Crippen LogP contribution in [0.3, 0.4) is 0 Å². The van der Waals surface area contributed by atoms with Gasteiger partial charge in [-0.3, -0.25) is 4.90 Å². The lowest BCUT2D eigenvalue weighted by Gasteiger charge is -2.42. The first kappa shape index (κ1) is 28.5. The van der Waals surface area contributed by atoms with E-state index in [1.54, 1.807) is 38.1 Å². The molecule has 12 heteroatoms. The van der Waals surface area contributed by atoms with Crippen LogP contribution >= 0.6 is 11.6 Å². The Labute approximate surface area is 241 Å². The number of anilines is 5. The van der Waals surface area contributed by atoms with Gasteiger partial charge in [0.2, 0.25) is 11.9 Å². The minimum atomic E-state index is -3.49. The molecule has 0 spiro atoms. The molecule has 2 fully saturated rings. The summed E-state index contributed by atoms with van der Waals surface area (Å²) in [5.41, 5.74) is 2.19. The monoisotopic (exact) mass is 584 g/mol. The molecular formula is C28H37ClN8O2S. The molecule has 3 heterocycles. The Morgan fingerprint density at radius 3 is 2.20 bits per heavy atom. The average Bonchev–Trinajstić information content (AvgIpc) is 2.95. The van der Waals surface area contributed by atoms with Crippen LogP contribution in [0.2, 0.25) is 5.02 Å². The van der Waals surface area contributed by atoms with Crippen LogP contribution in [0.15, 0.2) is 53.7 Å². The first-order valence-corrected chi connectivity index (χ1v) is 15.7. The van der Waals surface area contributed by atoms with E-state index in [9.17, 15) is 8.42 Å². The zero-order valence-electron chi connectivity index (χ0n) is 23.2. The molecule has 1 aromatic heterocycles. The summed E-state index contributed by atoms with van der Waals surface area (Å²) in [4.78, 5) is 20.5. The van der Waals surface area contributed by atoms with Gasteiger partial charge in [0.05, 0.1) is 26.5 Å². The van der Waals surface area contributed by atoms with Gasteiger partial charge in [-0.05, 0) is 64.1 Å². The van der Waals surface area contributed by atoms with Crippen molar-refractivity contribution >= 4 is 50.4 Å². The number of piperazine rings is 1. The van der Waals surface area contributed by atoms with Crippen molar-refractivity contribution < 1.29 is 8.42 Å². The van der Waals surface area contributed by atoms with Gasteiger partial charge in [-0.15, -0.1) is 0 Å². The third kappa shape index (κ3) is 6.49. The van der Waals surface area contributed by atoms with Crippen LogP contribution < -0.4 is 15.5 Å². The van der Waals surface area contributed by atoms with Gasteiger partial charge in [-0.25, -0.2) is 18.4 Å². The number of nitrogens with one attached hydrogen (secondary N) is 2. The molecule has 0 aliphatic carbocycles. The van der Waals surface area contributed by atoms with Gasteiger partial charge in [0.25, 0.3) is 0 Å². The molecule has 0 amide bonds. The van der Waals surface area contributed by atoms with E-state index >= 15 is 0 Å². The maximum absolute atomic E-state index is 12.8. The van der Waals surface area contributed by atoms with E-state index in [2.05, 4.69) is 53.4 Å². The topological polar surface area (TPSA) is 107 Å². The summed E-state index contributed by atoms with van der Waals surface area (Å²) in [6.45, 7) is 9.95. The Kier molecular flexibility index (Phi) is 8.74. The second-order valence-corrected chi connectivity index (χ2v) is 13.6. The molecular weight excluding hydrogens is 548 g/mol. The quantitative estimate of drug-likeness (QED) is 0.395. The number of aromatic nitrogens is 3. The molecule has 5 rings (SSSR count). The Balaban J connectivity index is 1.23. The summed E-state index contributed by atoms with van der Waals surface area (Å²) in [7, 11) is -1.30. The molecule has 0 atom stereocenters. The van der Waals surface area contributed by atoms with E-state index in [-0.39, 0.29) is 10.8 Å². The lowest BCUT2D eigenvalue weighted by atomic mass is 10.0. The maximum atomic E-state index is 12.8. The fourth-order valence-electron chi connectivity index (χ4n) is 5.21. The number of piperidine rings is 1. The van der Waals surface area contributed by atoms with Crippen molar-refractivity contribution in [2.75, 3.05) is 61.8 Å². The zero-order valence-corrected chi connectivity index (χ0v) is 24.8. The summed E-state index contributed by atoms with van der Waals surface area (Å²) in [5.74, 6) is 0.518. The van der Waals surface area contributed by atoms with Crippen LogP contribution in [0.25, 0.3) is 0 Å². The summed E-state index contributed by atoms with van der Waals surface area (Å²) in [5, 5.41) is 6.21. The molecule has 2 N–H and O–H groups in total. The van der Waals surface area contributed by atoms with Crippen molar-refractivity contribution in [1.29, 1.82) is 0 Å². The first-order valence-electron chi connectivity index (χ1n) is 13.7.